The molecule has 0 atom stereocenters. The summed E-state index contributed by atoms with van der Waals surface area (Å²) >= 11 is 1.21. The van der Waals surface area contributed by atoms with E-state index in [1.54, 1.807) is 47.9 Å². The third kappa shape index (κ3) is 4.60. The van der Waals surface area contributed by atoms with E-state index in [0.29, 0.717) is 26.1 Å². The third-order valence-corrected chi connectivity index (χ3v) is 5.21. The van der Waals surface area contributed by atoms with Crippen molar-refractivity contribution in [2.45, 2.75) is 20.4 Å². The van der Waals surface area contributed by atoms with Crippen molar-refractivity contribution in [2.75, 3.05) is 13.7 Å². The van der Waals surface area contributed by atoms with Crippen molar-refractivity contribution in [2.24, 2.45) is 4.99 Å². The second-order valence-electron chi connectivity index (χ2n) is 6.24. The lowest BCUT2D eigenvalue weighted by molar-refractivity contribution is -0.141. The first-order chi connectivity index (χ1) is 13.9. The zero-order chi connectivity index (χ0) is 21.0. The Morgan fingerprint density at radius 2 is 1.90 bits per heavy atom. The number of hydrogen-bond acceptors (Lipinski definition) is 6. The first-order valence-electron chi connectivity index (χ1n) is 8.96. The van der Waals surface area contributed by atoms with Gasteiger partial charge in [0.05, 0.1) is 29.5 Å². The second-order valence-corrected chi connectivity index (χ2v) is 7.25. The summed E-state index contributed by atoms with van der Waals surface area (Å²) in [7, 11) is 1.30. The van der Waals surface area contributed by atoms with E-state index in [4.69, 9.17) is 9.47 Å². The van der Waals surface area contributed by atoms with E-state index in [-0.39, 0.29) is 13.2 Å². The average Bonchev–Trinajstić information content (AvgIpc) is 3.04. The molecule has 0 bridgehead atoms. The van der Waals surface area contributed by atoms with Crippen molar-refractivity contribution < 1.29 is 23.9 Å². The lowest BCUT2D eigenvalue weighted by Crippen LogP contribution is -2.22. The lowest BCUT2D eigenvalue weighted by Gasteiger charge is -2.05. The van der Waals surface area contributed by atoms with Crippen molar-refractivity contribution in [3.8, 4) is 0 Å². The van der Waals surface area contributed by atoms with Crippen molar-refractivity contribution in [1.82, 2.24) is 4.57 Å². The highest BCUT2D eigenvalue weighted by molar-refractivity contribution is 7.16. The molecule has 2 aromatic carbocycles. The number of rotatable bonds is 5. The molecule has 0 unspecified atom stereocenters. The van der Waals surface area contributed by atoms with Crippen molar-refractivity contribution in [1.29, 1.82) is 0 Å². The van der Waals surface area contributed by atoms with E-state index in [1.165, 1.54) is 18.4 Å². The van der Waals surface area contributed by atoms with E-state index in [2.05, 4.69) is 4.99 Å². The number of ether oxygens (including phenoxy) is 2. The molecule has 0 saturated heterocycles. The Morgan fingerprint density at radius 3 is 2.59 bits per heavy atom. The number of hydrogen-bond donors (Lipinski definition) is 0. The van der Waals surface area contributed by atoms with Crippen LogP contribution in [0.25, 0.3) is 10.2 Å². The minimum Gasteiger partial charge on any atom is -0.468 e. The summed E-state index contributed by atoms with van der Waals surface area (Å²) in [4.78, 5) is 41.1. The largest absolute Gasteiger partial charge is 0.468 e. The molecular weight excluding hydrogens is 392 g/mol. The van der Waals surface area contributed by atoms with Gasteiger partial charge in [-0.1, -0.05) is 29.0 Å². The Bertz CT molecular complexity index is 1160. The molecule has 3 aromatic rings. The lowest BCUT2D eigenvalue weighted by atomic mass is 10.1. The van der Waals surface area contributed by atoms with E-state index in [0.717, 1.165) is 5.56 Å². The molecule has 1 heterocycles. The average molecular weight is 412 g/mol. The first kappa shape index (κ1) is 20.5. The predicted molar refractivity (Wildman–Crippen MR) is 109 cm³/mol. The topological polar surface area (TPSA) is 87.0 Å². The van der Waals surface area contributed by atoms with Crippen molar-refractivity contribution in [3.05, 3.63) is 64.0 Å². The van der Waals surface area contributed by atoms with Crippen LogP contribution >= 0.6 is 11.3 Å². The fourth-order valence-corrected chi connectivity index (χ4v) is 3.84. The van der Waals surface area contributed by atoms with Gasteiger partial charge in [-0.15, -0.1) is 0 Å². The Labute approximate surface area is 171 Å². The van der Waals surface area contributed by atoms with Gasteiger partial charge in [-0.05, 0) is 44.2 Å². The van der Waals surface area contributed by atoms with Crippen LogP contribution in [0.5, 0.6) is 0 Å². The molecule has 7 nitrogen and oxygen atoms in total. The fourth-order valence-electron chi connectivity index (χ4n) is 2.78. The Balaban J connectivity index is 2.13. The maximum absolute atomic E-state index is 12.6. The summed E-state index contributed by atoms with van der Waals surface area (Å²) < 4.78 is 12.1. The number of esters is 2. The zero-order valence-electron chi connectivity index (χ0n) is 16.3. The van der Waals surface area contributed by atoms with Crippen LogP contribution < -0.4 is 4.80 Å². The molecule has 0 aliphatic carbocycles. The number of amides is 1. The number of methoxy groups -OCH3 is 1. The molecule has 0 aliphatic heterocycles. The van der Waals surface area contributed by atoms with Gasteiger partial charge in [0.15, 0.2) is 4.80 Å². The summed E-state index contributed by atoms with van der Waals surface area (Å²) in [5.74, 6) is -1.32. The molecule has 0 fully saturated rings. The van der Waals surface area contributed by atoms with Crippen LogP contribution in [0.15, 0.2) is 47.5 Å². The van der Waals surface area contributed by atoms with Crippen LogP contribution in [0.1, 0.15) is 33.2 Å². The first-order valence-corrected chi connectivity index (χ1v) is 9.77. The standard InChI is InChI=1S/C21H20N2O5S/c1-4-28-20(26)15-8-9-16-17(11-15)29-21(23(16)12-18(24)27-3)22-19(25)14-7-5-6-13(2)10-14/h5-11H,4,12H2,1-3H3. The quantitative estimate of drug-likeness (QED) is 0.601. The van der Waals surface area contributed by atoms with Gasteiger partial charge in [-0.3, -0.25) is 9.59 Å². The number of aromatic nitrogens is 1. The maximum atomic E-state index is 12.6. The maximum Gasteiger partial charge on any atom is 0.338 e. The van der Waals surface area contributed by atoms with Crippen LogP contribution in [0, 0.1) is 6.92 Å². The number of thiazole rings is 1. The molecule has 0 aliphatic rings. The number of fused-ring (bicyclic) bond motifs is 1. The predicted octanol–water partition coefficient (Wildman–Crippen LogP) is 3.10. The molecular formula is C21H20N2O5S. The van der Waals surface area contributed by atoms with E-state index < -0.39 is 17.8 Å². The molecule has 3 rings (SSSR count). The van der Waals surface area contributed by atoms with Gasteiger partial charge in [0, 0.05) is 5.56 Å². The number of aryl methyl sites for hydroxylation is 1. The monoisotopic (exact) mass is 412 g/mol. The Hall–Kier alpha value is -3.26. The van der Waals surface area contributed by atoms with Crippen molar-refractivity contribution >= 4 is 39.4 Å². The van der Waals surface area contributed by atoms with Crippen LogP contribution in [0.2, 0.25) is 0 Å². The van der Waals surface area contributed by atoms with Gasteiger partial charge >= 0.3 is 11.9 Å². The van der Waals surface area contributed by atoms with Gasteiger partial charge in [-0.25, -0.2) is 4.79 Å². The smallest absolute Gasteiger partial charge is 0.338 e. The van der Waals surface area contributed by atoms with Crippen LogP contribution in [0.4, 0.5) is 0 Å². The molecule has 29 heavy (non-hydrogen) atoms. The molecule has 0 saturated carbocycles. The van der Waals surface area contributed by atoms with Gasteiger partial charge in [0.25, 0.3) is 5.91 Å². The van der Waals surface area contributed by atoms with E-state index >= 15 is 0 Å². The van der Waals surface area contributed by atoms with Crippen molar-refractivity contribution in [3.63, 3.8) is 0 Å². The highest BCUT2D eigenvalue weighted by Gasteiger charge is 2.15. The second kappa shape index (κ2) is 8.83. The number of benzene rings is 2. The third-order valence-electron chi connectivity index (χ3n) is 4.17. The molecule has 8 heteroatoms. The zero-order valence-corrected chi connectivity index (χ0v) is 17.1. The molecule has 150 valence electrons. The van der Waals surface area contributed by atoms with Gasteiger partial charge < -0.3 is 14.0 Å². The molecule has 0 N–H and O–H groups in total. The molecule has 0 radical (unpaired) electrons. The number of carbonyl (C=O) groups is 3. The Kier molecular flexibility index (Phi) is 6.23. The van der Waals surface area contributed by atoms with Gasteiger partial charge in [0.2, 0.25) is 0 Å². The normalized spacial score (nSPS) is 11.5. The highest BCUT2D eigenvalue weighted by atomic mass is 32.1. The number of carbonyl (C=O) groups excluding carboxylic acids is 3. The van der Waals surface area contributed by atoms with Gasteiger partial charge in [-0.2, -0.15) is 4.99 Å². The fraction of sp³-hybridized carbons (Fsp3) is 0.238. The molecule has 1 amide bonds. The summed E-state index contributed by atoms with van der Waals surface area (Å²) in [6, 6.07) is 12.1. The Morgan fingerprint density at radius 1 is 1.10 bits per heavy atom. The van der Waals surface area contributed by atoms with E-state index in [9.17, 15) is 14.4 Å². The minimum atomic E-state index is -0.469. The highest BCUT2D eigenvalue weighted by Crippen LogP contribution is 2.20. The minimum absolute atomic E-state index is 0.102. The molecule has 0 spiro atoms. The van der Waals surface area contributed by atoms with Gasteiger partial charge in [0.1, 0.15) is 6.54 Å². The SMILES string of the molecule is CCOC(=O)c1ccc2c(c1)sc(=NC(=O)c1cccc(C)c1)n2CC(=O)OC. The summed E-state index contributed by atoms with van der Waals surface area (Å²) in [5, 5.41) is 0. The summed E-state index contributed by atoms with van der Waals surface area (Å²) in [6.45, 7) is 3.80. The van der Waals surface area contributed by atoms with Crippen LogP contribution in [0.3, 0.4) is 0 Å². The summed E-state index contributed by atoms with van der Waals surface area (Å²) in [6.07, 6.45) is 0. The van der Waals surface area contributed by atoms with Crippen LogP contribution in [-0.2, 0) is 20.8 Å². The summed E-state index contributed by atoms with van der Waals surface area (Å²) in [5.41, 5.74) is 2.47. The van der Waals surface area contributed by atoms with Crippen LogP contribution in [-0.4, -0.2) is 36.1 Å². The molecule has 1 aromatic heterocycles. The van der Waals surface area contributed by atoms with E-state index in [1.807, 2.05) is 13.0 Å². The number of nitrogens with zero attached hydrogens (tertiary/aromatic N) is 2.